The summed E-state index contributed by atoms with van der Waals surface area (Å²) in [5, 5.41) is 15.4. The van der Waals surface area contributed by atoms with Crippen LogP contribution in [0.3, 0.4) is 0 Å². The van der Waals surface area contributed by atoms with Crippen LogP contribution >= 0.6 is 11.3 Å². The number of thiophene rings is 1. The van der Waals surface area contributed by atoms with Crippen molar-refractivity contribution in [3.8, 4) is 0 Å². The normalized spacial score (nSPS) is 16.3. The Morgan fingerprint density at radius 3 is 2.28 bits per heavy atom. The Bertz CT molecular complexity index is 1270. The second kappa shape index (κ2) is 13.2. The molecule has 0 bridgehead atoms. The maximum atomic E-state index is 14.1. The van der Waals surface area contributed by atoms with Gasteiger partial charge in [0, 0.05) is 24.4 Å². The molecule has 1 saturated heterocycles. The van der Waals surface area contributed by atoms with Gasteiger partial charge in [0.25, 0.3) is 0 Å². The van der Waals surface area contributed by atoms with Crippen LogP contribution in [0.1, 0.15) is 39.6 Å². The minimum absolute atomic E-state index is 0.235. The van der Waals surface area contributed by atoms with Crippen LogP contribution in [-0.2, 0) is 20.9 Å². The number of hydrogen-bond acceptors (Lipinski definition) is 6. The number of likely N-dealkylation sites (tertiary alicyclic amines) is 1. The number of hydrogen-bond donors (Lipinski definition) is 4. The molecule has 0 saturated carbocycles. The fraction of sp³-hybridized carbons (Fsp3) is 0.310. The second-order valence-electron chi connectivity index (χ2n) is 9.33. The zero-order chi connectivity index (χ0) is 27.8. The third-order valence-electron chi connectivity index (χ3n) is 6.82. The summed E-state index contributed by atoms with van der Waals surface area (Å²) in [7, 11) is 1.63. The molecule has 2 amide bonds. The van der Waals surface area contributed by atoms with Crippen molar-refractivity contribution >= 4 is 35.0 Å². The molecule has 39 heavy (non-hydrogen) atoms. The summed E-state index contributed by atoms with van der Waals surface area (Å²) >= 11 is 1.45. The van der Waals surface area contributed by atoms with Crippen molar-refractivity contribution in [1.82, 2.24) is 15.5 Å². The summed E-state index contributed by atoms with van der Waals surface area (Å²) in [4.78, 5) is 46.3. The summed E-state index contributed by atoms with van der Waals surface area (Å²) in [6, 6.07) is 21.3. The molecular weight excluding hydrogens is 514 g/mol. The van der Waals surface area contributed by atoms with E-state index in [0.29, 0.717) is 31.8 Å². The van der Waals surface area contributed by atoms with Crippen molar-refractivity contribution in [1.29, 1.82) is 0 Å². The zero-order valence-electron chi connectivity index (χ0n) is 21.7. The van der Waals surface area contributed by atoms with Gasteiger partial charge in [0.15, 0.2) is 0 Å². The number of carboxylic acid groups (broad SMARTS) is 1. The molecule has 2 atom stereocenters. The predicted octanol–water partition coefficient (Wildman–Crippen LogP) is 2.57. The topological polar surface area (TPSA) is 137 Å². The number of aliphatic carboxylic acids is 1. The zero-order valence-corrected chi connectivity index (χ0v) is 22.6. The van der Waals surface area contributed by atoms with E-state index in [1.807, 2.05) is 72.8 Å². The van der Waals surface area contributed by atoms with Gasteiger partial charge in [-0.1, -0.05) is 60.7 Å². The minimum atomic E-state index is -1.06. The summed E-state index contributed by atoms with van der Waals surface area (Å²) in [5.41, 5.74) is 7.64. The van der Waals surface area contributed by atoms with E-state index in [4.69, 9.17) is 5.73 Å². The van der Waals surface area contributed by atoms with Crippen molar-refractivity contribution in [2.45, 2.75) is 37.4 Å². The van der Waals surface area contributed by atoms with Crippen LogP contribution in [0.25, 0.3) is 0 Å². The third kappa shape index (κ3) is 6.90. The number of carbonyl (C=O) groups excluding carboxylic acids is 2. The van der Waals surface area contributed by atoms with Crippen LogP contribution in [0.2, 0.25) is 0 Å². The average Bonchev–Trinajstić information content (AvgIpc) is 3.64. The highest BCUT2D eigenvalue weighted by molar-refractivity contribution is 7.14. The van der Waals surface area contributed by atoms with Crippen LogP contribution in [0.15, 0.2) is 77.8 Å². The molecule has 0 aliphatic carbocycles. The van der Waals surface area contributed by atoms with Crippen molar-refractivity contribution in [2.75, 3.05) is 20.1 Å². The van der Waals surface area contributed by atoms with Crippen molar-refractivity contribution in [3.63, 3.8) is 0 Å². The number of carbonyl (C=O) groups is 3. The summed E-state index contributed by atoms with van der Waals surface area (Å²) < 4.78 is 0. The predicted molar refractivity (Wildman–Crippen MR) is 152 cm³/mol. The highest BCUT2D eigenvalue weighted by Crippen LogP contribution is 2.31. The first kappa shape index (κ1) is 28.0. The number of nitrogens with one attached hydrogen (secondary N) is 2. The number of nitrogens with zero attached hydrogens (tertiary/aromatic N) is 2. The van der Waals surface area contributed by atoms with Gasteiger partial charge in [0.05, 0.1) is 24.0 Å². The van der Waals surface area contributed by atoms with Crippen LogP contribution in [-0.4, -0.2) is 65.8 Å². The maximum Gasteiger partial charge on any atom is 0.317 e. The van der Waals surface area contributed by atoms with Gasteiger partial charge in [-0.25, -0.2) is 0 Å². The van der Waals surface area contributed by atoms with E-state index in [-0.39, 0.29) is 18.4 Å². The summed E-state index contributed by atoms with van der Waals surface area (Å²) in [5.74, 6) is -1.60. The van der Waals surface area contributed by atoms with E-state index >= 15 is 0 Å². The molecule has 2 heterocycles. The molecule has 0 radical (unpaired) electrons. The van der Waals surface area contributed by atoms with Gasteiger partial charge >= 0.3 is 5.97 Å². The number of aliphatic imine (C=N–C) groups is 1. The Kier molecular flexibility index (Phi) is 9.45. The molecule has 0 spiro atoms. The SMILES string of the molecule is CN=C(N)c1ccc(CNC(=O)C2CCCN2C(=O)C(NCC(=O)O)C(c2ccccc2)c2ccccc2)s1. The van der Waals surface area contributed by atoms with Gasteiger partial charge in [0.1, 0.15) is 11.9 Å². The third-order valence-corrected chi connectivity index (χ3v) is 7.93. The first-order valence-corrected chi connectivity index (χ1v) is 13.6. The summed E-state index contributed by atoms with van der Waals surface area (Å²) in [6.07, 6.45) is 1.22. The molecule has 1 aromatic heterocycles. The van der Waals surface area contributed by atoms with Crippen LogP contribution in [0.5, 0.6) is 0 Å². The van der Waals surface area contributed by atoms with Crippen LogP contribution in [0, 0.1) is 0 Å². The number of benzene rings is 2. The highest BCUT2D eigenvalue weighted by atomic mass is 32.1. The van der Waals surface area contributed by atoms with Gasteiger partial charge in [-0.2, -0.15) is 0 Å². The number of rotatable bonds is 11. The summed E-state index contributed by atoms with van der Waals surface area (Å²) in [6.45, 7) is 0.351. The lowest BCUT2D eigenvalue weighted by Gasteiger charge is -2.33. The van der Waals surface area contributed by atoms with Crippen molar-refractivity contribution in [3.05, 3.63) is 93.7 Å². The molecular formula is C29H33N5O4S. The first-order valence-electron chi connectivity index (χ1n) is 12.8. The highest BCUT2D eigenvalue weighted by Gasteiger charge is 2.40. The standard InChI is InChI=1S/C29H33N5O4S/c1-31-27(30)23-15-14-21(39-23)17-33-28(37)22-13-8-16-34(22)29(38)26(32-18-24(35)36)25(19-9-4-2-5-10-19)20-11-6-3-7-12-20/h2-7,9-12,14-15,22,25-26,32H,8,13,16-18H2,1H3,(H2,30,31)(H,33,37)(H,35,36). The van der Waals surface area contributed by atoms with Crippen LogP contribution < -0.4 is 16.4 Å². The van der Waals surface area contributed by atoms with Crippen LogP contribution in [0.4, 0.5) is 0 Å². The number of nitrogens with two attached hydrogens (primary N) is 1. The number of amides is 2. The van der Waals surface area contributed by atoms with Gasteiger partial charge in [-0.15, -0.1) is 11.3 Å². The molecule has 1 fully saturated rings. The van der Waals surface area contributed by atoms with Gasteiger partial charge in [-0.05, 0) is 36.1 Å². The molecule has 1 aliphatic rings. The minimum Gasteiger partial charge on any atom is -0.480 e. The Morgan fingerprint density at radius 2 is 1.69 bits per heavy atom. The molecule has 2 aromatic carbocycles. The van der Waals surface area contributed by atoms with Gasteiger partial charge in [0.2, 0.25) is 11.8 Å². The van der Waals surface area contributed by atoms with E-state index in [1.165, 1.54) is 11.3 Å². The number of carboxylic acids is 1. The largest absolute Gasteiger partial charge is 0.480 e. The molecule has 204 valence electrons. The smallest absolute Gasteiger partial charge is 0.317 e. The lowest BCUT2D eigenvalue weighted by atomic mass is 9.84. The monoisotopic (exact) mass is 547 g/mol. The molecule has 3 aromatic rings. The molecule has 10 heteroatoms. The Labute approximate surface area is 231 Å². The van der Waals surface area contributed by atoms with E-state index in [0.717, 1.165) is 20.9 Å². The molecule has 1 aliphatic heterocycles. The fourth-order valence-electron chi connectivity index (χ4n) is 4.94. The molecule has 2 unspecified atom stereocenters. The van der Waals surface area contributed by atoms with E-state index < -0.39 is 24.0 Å². The molecule has 4 rings (SSSR count). The van der Waals surface area contributed by atoms with E-state index in [1.54, 1.807) is 11.9 Å². The van der Waals surface area contributed by atoms with E-state index in [9.17, 15) is 19.5 Å². The van der Waals surface area contributed by atoms with Gasteiger partial charge < -0.3 is 21.1 Å². The maximum absolute atomic E-state index is 14.1. The van der Waals surface area contributed by atoms with E-state index in [2.05, 4.69) is 15.6 Å². The van der Waals surface area contributed by atoms with Gasteiger partial charge in [-0.3, -0.25) is 24.7 Å². The first-order chi connectivity index (χ1) is 18.9. The number of amidine groups is 1. The Hall–Kier alpha value is -4.02. The lowest BCUT2D eigenvalue weighted by Crippen LogP contribution is -2.55. The second-order valence-corrected chi connectivity index (χ2v) is 10.5. The quantitative estimate of drug-likeness (QED) is 0.215. The average molecular weight is 548 g/mol. The van der Waals surface area contributed by atoms with Crippen molar-refractivity contribution in [2.24, 2.45) is 10.7 Å². The Morgan fingerprint density at radius 1 is 1.05 bits per heavy atom. The molecule has 9 nitrogen and oxygen atoms in total. The fourth-order valence-corrected chi connectivity index (χ4v) is 5.83. The van der Waals surface area contributed by atoms with Crippen molar-refractivity contribution < 1.29 is 19.5 Å². The lowest BCUT2D eigenvalue weighted by molar-refractivity contribution is -0.141. The molecule has 5 N–H and O–H groups in total. The Balaban J connectivity index is 1.56.